The Morgan fingerprint density at radius 2 is 1.70 bits per heavy atom. The van der Waals surface area contributed by atoms with Crippen molar-refractivity contribution in [3.8, 4) is 11.1 Å². The maximum Gasteiger partial charge on any atom is 0.254 e. The summed E-state index contributed by atoms with van der Waals surface area (Å²) in [6, 6.07) is 17.6. The minimum Gasteiger partial charge on any atom is -0.382 e. The molecule has 1 heterocycles. The molecule has 40 heavy (non-hydrogen) atoms. The predicted octanol–water partition coefficient (Wildman–Crippen LogP) is 3.86. The predicted molar refractivity (Wildman–Crippen MR) is 153 cm³/mol. The third-order valence-corrected chi connectivity index (χ3v) is 7.04. The van der Waals surface area contributed by atoms with Crippen LogP contribution in [0.1, 0.15) is 21.5 Å². The van der Waals surface area contributed by atoms with Gasteiger partial charge in [0.05, 0.1) is 0 Å². The van der Waals surface area contributed by atoms with Gasteiger partial charge < -0.3 is 27.2 Å². The zero-order valence-electron chi connectivity index (χ0n) is 21.5. The van der Waals surface area contributed by atoms with E-state index in [-0.39, 0.29) is 24.1 Å². The van der Waals surface area contributed by atoms with Crippen molar-refractivity contribution in [2.45, 2.75) is 31.0 Å². The Morgan fingerprint density at radius 3 is 2.42 bits per heavy atom. The number of hydrogen-bond acceptors (Lipinski definition) is 6. The second-order valence-corrected chi connectivity index (χ2v) is 10.3. The Hall–Kier alpha value is -3.96. The number of benzene rings is 3. The first kappa shape index (κ1) is 29.0. The fraction of sp³-hybridized carbons (Fsp3) is 0.200. The number of halogens is 2. The van der Waals surface area contributed by atoms with E-state index in [1.54, 1.807) is 29.5 Å². The lowest BCUT2D eigenvalue weighted by Gasteiger charge is -2.19. The molecule has 3 unspecified atom stereocenters. The largest absolute Gasteiger partial charge is 0.382 e. The van der Waals surface area contributed by atoms with E-state index in [0.717, 1.165) is 34.9 Å². The van der Waals surface area contributed by atoms with Crippen molar-refractivity contribution in [1.82, 2.24) is 5.32 Å². The van der Waals surface area contributed by atoms with E-state index >= 15 is 0 Å². The summed E-state index contributed by atoms with van der Waals surface area (Å²) in [5, 5.41) is 19.8. The highest BCUT2D eigenvalue weighted by Crippen LogP contribution is 2.23. The maximum absolute atomic E-state index is 13.9. The van der Waals surface area contributed by atoms with E-state index in [1.165, 1.54) is 6.07 Å². The van der Waals surface area contributed by atoms with Crippen LogP contribution in [0.4, 0.5) is 14.5 Å². The average Bonchev–Trinajstić information content (AvgIpc) is 3.49. The molecule has 7 N–H and O–H groups in total. The molecule has 7 nitrogen and oxygen atoms in total. The highest BCUT2D eigenvalue weighted by atomic mass is 32.1. The minimum absolute atomic E-state index is 0.0210. The van der Waals surface area contributed by atoms with Gasteiger partial charge in [-0.3, -0.25) is 9.59 Å². The lowest BCUT2D eigenvalue weighted by Crippen LogP contribution is -2.44. The molecule has 0 radical (unpaired) electrons. The third-order valence-electron chi connectivity index (χ3n) is 6.36. The van der Waals surface area contributed by atoms with Crippen molar-refractivity contribution in [2.24, 2.45) is 11.5 Å². The fourth-order valence-electron chi connectivity index (χ4n) is 4.17. The molecule has 0 aliphatic carbocycles. The van der Waals surface area contributed by atoms with Crippen LogP contribution in [0.5, 0.6) is 0 Å². The molecule has 4 rings (SSSR count). The monoisotopic (exact) mass is 564 g/mol. The van der Waals surface area contributed by atoms with Crippen LogP contribution in [0, 0.1) is 11.6 Å². The Morgan fingerprint density at radius 1 is 0.925 bits per heavy atom. The van der Waals surface area contributed by atoms with Gasteiger partial charge in [-0.2, -0.15) is 11.3 Å². The molecular weight excluding hydrogens is 534 g/mol. The number of nitrogens with two attached hydrogens (primary N) is 2. The number of hydrogen-bond donors (Lipinski definition) is 5. The van der Waals surface area contributed by atoms with Gasteiger partial charge in [0.15, 0.2) is 0 Å². The van der Waals surface area contributed by atoms with Gasteiger partial charge in [-0.15, -0.1) is 0 Å². The van der Waals surface area contributed by atoms with Gasteiger partial charge in [-0.1, -0.05) is 30.3 Å². The number of anilines is 1. The zero-order chi connectivity index (χ0) is 28.6. The highest BCUT2D eigenvalue weighted by Gasteiger charge is 2.23. The molecule has 208 valence electrons. The Balaban J connectivity index is 1.28. The first-order chi connectivity index (χ1) is 19.2. The number of amides is 2. The highest BCUT2D eigenvalue weighted by molar-refractivity contribution is 7.08. The number of thiophene rings is 1. The molecule has 2 amide bonds. The van der Waals surface area contributed by atoms with Crippen LogP contribution < -0.4 is 22.1 Å². The van der Waals surface area contributed by atoms with Gasteiger partial charge in [0.1, 0.15) is 17.7 Å². The van der Waals surface area contributed by atoms with Gasteiger partial charge in [-0.25, -0.2) is 8.78 Å². The van der Waals surface area contributed by atoms with Crippen molar-refractivity contribution in [2.75, 3.05) is 11.9 Å². The third kappa shape index (κ3) is 7.80. The van der Waals surface area contributed by atoms with Crippen LogP contribution in [0.15, 0.2) is 83.6 Å². The number of carbonyl (C=O) groups excluding carboxylic acids is 2. The Kier molecular flexibility index (Phi) is 9.73. The summed E-state index contributed by atoms with van der Waals surface area (Å²) in [4.78, 5) is 25.3. The van der Waals surface area contributed by atoms with Crippen molar-refractivity contribution in [1.29, 1.82) is 0 Å². The molecule has 0 bridgehead atoms. The molecule has 0 aliphatic heterocycles. The number of carbonyl (C=O) groups is 2. The first-order valence-electron chi connectivity index (χ1n) is 12.6. The summed E-state index contributed by atoms with van der Waals surface area (Å²) < 4.78 is 27.2. The summed E-state index contributed by atoms with van der Waals surface area (Å²) in [7, 11) is 0. The zero-order valence-corrected chi connectivity index (χ0v) is 22.3. The molecule has 3 atom stereocenters. The molecule has 0 spiro atoms. The number of rotatable bonds is 11. The summed E-state index contributed by atoms with van der Waals surface area (Å²) in [6.45, 7) is 0.0210. The maximum atomic E-state index is 13.9. The molecule has 0 saturated carbocycles. The number of aliphatic hydroxyl groups is 1. The smallest absolute Gasteiger partial charge is 0.254 e. The molecule has 3 aromatic carbocycles. The Labute approximate surface area is 234 Å². The molecule has 4 aromatic rings. The van der Waals surface area contributed by atoms with Crippen molar-refractivity contribution in [3.05, 3.63) is 112 Å². The minimum atomic E-state index is -1.48. The lowest BCUT2D eigenvalue weighted by atomic mass is 9.99. The molecule has 10 heteroatoms. The van der Waals surface area contributed by atoms with E-state index < -0.39 is 41.6 Å². The van der Waals surface area contributed by atoms with Crippen LogP contribution in [-0.2, 0) is 17.6 Å². The molecule has 0 fully saturated rings. The van der Waals surface area contributed by atoms with Gasteiger partial charge in [-0.05, 0) is 88.3 Å². The van der Waals surface area contributed by atoms with Crippen LogP contribution in [0.25, 0.3) is 11.1 Å². The SMILES string of the molecule is NC(CNC(=O)c1cccc(NC(=O)C(O)C(N)Cc2ccc(-c3ccsc3)cc2)c1)Cc1cc(F)ccc1F. The van der Waals surface area contributed by atoms with Crippen molar-refractivity contribution >= 4 is 28.8 Å². The standard InChI is InChI=1S/C30H30F2N4O3S/c31-23-8-9-26(32)22(13-23)14-24(33)16-35-29(38)20-2-1-3-25(15-20)36-30(39)28(37)27(34)12-18-4-6-19(7-5-18)21-10-11-40-17-21/h1-11,13,15,17,24,27-28,37H,12,14,16,33-34H2,(H,35,38)(H,36,39). The van der Waals surface area contributed by atoms with E-state index in [1.807, 2.05) is 35.7 Å². The second kappa shape index (κ2) is 13.4. The van der Waals surface area contributed by atoms with Gasteiger partial charge in [0, 0.05) is 29.9 Å². The molecule has 1 aromatic heterocycles. The van der Waals surface area contributed by atoms with Crippen molar-refractivity contribution < 1.29 is 23.5 Å². The van der Waals surface area contributed by atoms with Crippen LogP contribution in [0.3, 0.4) is 0 Å². The van der Waals surface area contributed by atoms with E-state index in [9.17, 15) is 23.5 Å². The van der Waals surface area contributed by atoms with E-state index in [2.05, 4.69) is 16.0 Å². The van der Waals surface area contributed by atoms with Gasteiger partial charge in [0.25, 0.3) is 11.8 Å². The molecule has 0 aliphatic rings. The molecular formula is C30H30F2N4O3S. The average molecular weight is 565 g/mol. The van der Waals surface area contributed by atoms with E-state index in [4.69, 9.17) is 11.5 Å². The second-order valence-electron chi connectivity index (χ2n) is 9.50. The summed E-state index contributed by atoms with van der Waals surface area (Å²) in [5.74, 6) is -2.30. The number of aliphatic hydroxyl groups excluding tert-OH is 1. The molecule has 0 saturated heterocycles. The van der Waals surface area contributed by atoms with Gasteiger partial charge >= 0.3 is 0 Å². The Bertz CT molecular complexity index is 1450. The van der Waals surface area contributed by atoms with Crippen molar-refractivity contribution in [3.63, 3.8) is 0 Å². The normalized spacial score (nSPS) is 13.3. The van der Waals surface area contributed by atoms with Gasteiger partial charge in [0.2, 0.25) is 0 Å². The van der Waals surface area contributed by atoms with Crippen LogP contribution in [-0.4, -0.2) is 41.7 Å². The van der Waals surface area contributed by atoms with Crippen LogP contribution >= 0.6 is 11.3 Å². The van der Waals surface area contributed by atoms with Crippen LogP contribution in [0.2, 0.25) is 0 Å². The van der Waals surface area contributed by atoms with E-state index in [0.29, 0.717) is 12.1 Å². The summed E-state index contributed by atoms with van der Waals surface area (Å²) in [5.41, 5.74) is 15.9. The quantitative estimate of drug-likeness (QED) is 0.189. The first-order valence-corrected chi connectivity index (χ1v) is 13.6. The number of nitrogens with one attached hydrogen (secondary N) is 2. The lowest BCUT2D eigenvalue weighted by molar-refractivity contribution is -0.124. The fourth-order valence-corrected chi connectivity index (χ4v) is 4.84. The topological polar surface area (TPSA) is 130 Å². The summed E-state index contributed by atoms with van der Waals surface area (Å²) >= 11 is 1.62. The summed E-state index contributed by atoms with van der Waals surface area (Å²) in [6.07, 6.45) is -1.15.